The van der Waals surface area contributed by atoms with Crippen LogP contribution >= 0.6 is 0 Å². The zero-order chi connectivity index (χ0) is 35.9. The number of nitrogens with zero attached hydrogens (tertiary/aromatic N) is 2. The van der Waals surface area contributed by atoms with Crippen LogP contribution < -0.4 is 35.6 Å². The highest BCUT2D eigenvalue weighted by atomic mass is 16.5. The second-order valence-electron chi connectivity index (χ2n) is 12.5. The maximum atomic E-state index is 14.0. The summed E-state index contributed by atoms with van der Waals surface area (Å²) in [5, 5.41) is 16.4. The largest absolute Gasteiger partial charge is 0.493 e. The Labute approximate surface area is 291 Å². The van der Waals surface area contributed by atoms with Gasteiger partial charge >= 0.3 is 0 Å². The molecular weight excluding hydrogens is 640 g/mol. The summed E-state index contributed by atoms with van der Waals surface area (Å²) in [6.45, 7) is 5.77. The number of hydrogen-bond donors (Lipinski definition) is 4. The van der Waals surface area contributed by atoms with Crippen LogP contribution in [0.1, 0.15) is 56.6 Å². The number of aromatic amines is 1. The molecule has 0 spiro atoms. The van der Waals surface area contributed by atoms with Gasteiger partial charge in [0.15, 0.2) is 23.1 Å². The number of H-pyrrole nitrogens is 1. The first kappa shape index (κ1) is 35.9. The quantitative estimate of drug-likeness (QED) is 0.146. The minimum atomic E-state index is -0.748. The number of carbonyl (C=O) groups is 2. The molecule has 50 heavy (non-hydrogen) atoms. The molecule has 0 saturated heterocycles. The van der Waals surface area contributed by atoms with E-state index in [1.54, 1.807) is 39.5 Å². The molecule has 0 saturated carbocycles. The van der Waals surface area contributed by atoms with E-state index < -0.39 is 12.1 Å². The topological polar surface area (TPSA) is 166 Å². The Bertz CT molecular complexity index is 1930. The lowest BCUT2D eigenvalue weighted by molar-refractivity contribution is -0.120. The summed E-state index contributed by atoms with van der Waals surface area (Å²) < 4.78 is 22.3. The van der Waals surface area contributed by atoms with Crippen molar-refractivity contribution in [3.63, 3.8) is 0 Å². The zero-order valence-corrected chi connectivity index (χ0v) is 29.4. The molecule has 1 aliphatic rings. The summed E-state index contributed by atoms with van der Waals surface area (Å²) >= 11 is 0. The van der Waals surface area contributed by atoms with E-state index in [0.717, 1.165) is 11.1 Å². The van der Waals surface area contributed by atoms with Crippen LogP contribution in [0.3, 0.4) is 0 Å². The van der Waals surface area contributed by atoms with Crippen LogP contribution in [0.4, 0.5) is 11.4 Å². The number of anilines is 2. The lowest BCUT2D eigenvalue weighted by Crippen LogP contribution is -2.37. The second kappa shape index (κ2) is 15.9. The van der Waals surface area contributed by atoms with Crippen LogP contribution in [0, 0.1) is 5.92 Å². The van der Waals surface area contributed by atoms with Crippen LogP contribution in [0.2, 0.25) is 0 Å². The molecule has 2 atom stereocenters. The Hall–Kier alpha value is -5.43. The minimum Gasteiger partial charge on any atom is -0.493 e. The number of aromatic nitrogens is 3. The first-order valence-electron chi connectivity index (χ1n) is 16.4. The van der Waals surface area contributed by atoms with Gasteiger partial charge in [0.1, 0.15) is 12.6 Å². The average molecular weight is 685 g/mol. The van der Waals surface area contributed by atoms with E-state index in [9.17, 15) is 14.4 Å². The second-order valence-corrected chi connectivity index (χ2v) is 12.5. The molecule has 3 aromatic carbocycles. The third kappa shape index (κ3) is 7.89. The number of carbonyl (C=O) groups excluding carboxylic acids is 2. The fourth-order valence-corrected chi connectivity index (χ4v) is 6.31. The van der Waals surface area contributed by atoms with Gasteiger partial charge in [0, 0.05) is 30.8 Å². The van der Waals surface area contributed by atoms with Crippen molar-refractivity contribution in [2.75, 3.05) is 39.1 Å². The maximum absolute atomic E-state index is 14.0. The summed E-state index contributed by atoms with van der Waals surface area (Å²) in [5.41, 5.74) is 4.16. The van der Waals surface area contributed by atoms with Crippen molar-refractivity contribution in [3.05, 3.63) is 75.7 Å². The summed E-state index contributed by atoms with van der Waals surface area (Å²) in [7, 11) is 6.23. The number of benzene rings is 2. The first-order chi connectivity index (χ1) is 24.1. The molecule has 0 fully saturated rings. The lowest BCUT2D eigenvalue weighted by atomic mass is 9.95. The summed E-state index contributed by atoms with van der Waals surface area (Å²) in [6.07, 6.45) is 1.56. The van der Waals surface area contributed by atoms with Crippen LogP contribution in [-0.2, 0) is 27.4 Å². The predicted molar refractivity (Wildman–Crippen MR) is 191 cm³/mol. The number of methoxy groups -OCH3 is 4. The average Bonchev–Trinajstić information content (AvgIpc) is 3.44. The fraction of sp³-hybridized carbons (Fsp3) is 0.378. The summed E-state index contributed by atoms with van der Waals surface area (Å²) in [5.74, 6) is 2.05. The third-order valence-electron chi connectivity index (χ3n) is 8.47. The molecule has 4 N–H and O–H groups in total. The third-order valence-corrected chi connectivity index (χ3v) is 8.47. The van der Waals surface area contributed by atoms with Gasteiger partial charge in [0.05, 0.1) is 33.1 Å². The predicted octanol–water partition coefficient (Wildman–Crippen LogP) is 5.26. The monoisotopic (exact) mass is 684 g/mol. The van der Waals surface area contributed by atoms with Gasteiger partial charge in [-0.05, 0) is 72.2 Å². The molecule has 2 amide bonds. The van der Waals surface area contributed by atoms with Crippen LogP contribution in [0.25, 0.3) is 22.5 Å². The Morgan fingerprint density at radius 1 is 1.00 bits per heavy atom. The minimum absolute atomic E-state index is 0.129. The molecule has 0 radical (unpaired) electrons. The lowest BCUT2D eigenvalue weighted by Gasteiger charge is -2.21. The number of rotatable bonds is 13. The van der Waals surface area contributed by atoms with Crippen molar-refractivity contribution in [1.29, 1.82) is 0 Å². The molecule has 13 heteroatoms. The zero-order valence-electron chi connectivity index (χ0n) is 29.4. The number of fused-ring (bicyclic) bond motifs is 3. The molecule has 4 aromatic rings. The van der Waals surface area contributed by atoms with E-state index in [4.69, 9.17) is 18.9 Å². The summed E-state index contributed by atoms with van der Waals surface area (Å²) in [6, 6.07) is 13.0. The smallest absolute Gasteiger partial charge is 0.246 e. The van der Waals surface area contributed by atoms with Gasteiger partial charge in [0.2, 0.25) is 23.0 Å². The van der Waals surface area contributed by atoms with Crippen molar-refractivity contribution in [2.45, 2.75) is 58.7 Å². The standard InChI is InChI=1S/C37H44N6O7/c1-20(2)15-29(37(46)39-24-10-8-9-23(16-24)36-41-32(19-47-4)42-43-36)40-28-14-12-25-26(18-30(28)45)27(38-21(3)44)13-11-22-17-31(48-5)34(49-6)35(50-7)33(22)25/h8-10,12,14,16-18,20,27,29H,11,13,15,19H2,1-7H3,(H,38,44)(H,39,46)(H,40,45)(H,41,42,43)/t27-,29+/m0/s1. The number of hydrogen-bond acceptors (Lipinski definition) is 10. The van der Waals surface area contributed by atoms with Crippen molar-refractivity contribution < 1.29 is 28.5 Å². The Balaban J connectivity index is 1.53. The van der Waals surface area contributed by atoms with Gasteiger partial charge in [-0.2, -0.15) is 5.10 Å². The molecule has 0 bridgehead atoms. The molecule has 264 valence electrons. The number of ether oxygens (including phenoxy) is 4. The molecule has 1 aliphatic carbocycles. The van der Waals surface area contributed by atoms with Crippen LogP contribution in [0.5, 0.6) is 17.2 Å². The van der Waals surface area contributed by atoms with Crippen molar-refractivity contribution in [3.8, 4) is 39.8 Å². The normalized spacial score (nSPS) is 14.1. The Morgan fingerprint density at radius 3 is 2.46 bits per heavy atom. The van der Waals surface area contributed by atoms with E-state index in [2.05, 4.69) is 31.1 Å². The SMILES string of the molecule is COCc1nc(-c2cccc(NC(=O)[C@@H](CC(C)C)Nc3ccc4c(cc3=O)[C@@H](NC(C)=O)CCc3cc(OC)c(OC)c(OC)c3-4)c2)n[nH]1. The number of nitrogens with one attached hydrogen (secondary N) is 4. The number of aryl methyl sites for hydroxylation is 1. The van der Waals surface area contributed by atoms with Gasteiger partial charge < -0.3 is 34.9 Å². The number of amides is 2. The highest BCUT2D eigenvalue weighted by Gasteiger charge is 2.30. The van der Waals surface area contributed by atoms with Crippen molar-refractivity contribution in [2.24, 2.45) is 5.92 Å². The van der Waals surface area contributed by atoms with Gasteiger partial charge in [-0.3, -0.25) is 19.5 Å². The summed E-state index contributed by atoms with van der Waals surface area (Å²) in [4.78, 5) is 44.6. The van der Waals surface area contributed by atoms with E-state index >= 15 is 0 Å². The van der Waals surface area contributed by atoms with Crippen molar-refractivity contribution in [1.82, 2.24) is 20.5 Å². The Morgan fingerprint density at radius 2 is 1.78 bits per heavy atom. The van der Waals surface area contributed by atoms with Gasteiger partial charge in [-0.25, -0.2) is 4.98 Å². The molecule has 1 heterocycles. The van der Waals surface area contributed by atoms with E-state index in [1.165, 1.54) is 20.1 Å². The van der Waals surface area contributed by atoms with Gasteiger partial charge in [0.25, 0.3) is 0 Å². The molecule has 1 aromatic heterocycles. The highest BCUT2D eigenvalue weighted by molar-refractivity contribution is 5.97. The Kier molecular flexibility index (Phi) is 11.4. The molecule has 0 aliphatic heterocycles. The van der Waals surface area contributed by atoms with Crippen LogP contribution in [0.15, 0.2) is 53.3 Å². The van der Waals surface area contributed by atoms with Crippen LogP contribution in [-0.4, -0.2) is 61.5 Å². The fourth-order valence-electron chi connectivity index (χ4n) is 6.31. The molecular formula is C37H44N6O7. The van der Waals surface area contributed by atoms with Gasteiger partial charge in [-0.1, -0.05) is 32.0 Å². The highest BCUT2D eigenvalue weighted by Crippen LogP contribution is 2.50. The molecule has 13 nitrogen and oxygen atoms in total. The van der Waals surface area contributed by atoms with E-state index in [0.29, 0.717) is 77.1 Å². The van der Waals surface area contributed by atoms with E-state index in [-0.39, 0.29) is 28.8 Å². The van der Waals surface area contributed by atoms with Crippen molar-refractivity contribution >= 4 is 23.2 Å². The molecule has 5 rings (SSSR count). The maximum Gasteiger partial charge on any atom is 0.246 e. The van der Waals surface area contributed by atoms with E-state index in [1.807, 2.05) is 38.1 Å². The molecule has 0 unspecified atom stereocenters. The first-order valence-corrected chi connectivity index (χ1v) is 16.4. The van der Waals surface area contributed by atoms with Gasteiger partial charge in [-0.15, -0.1) is 0 Å².